The predicted molar refractivity (Wildman–Crippen MR) is 57.5 cm³/mol. The van der Waals surface area contributed by atoms with E-state index >= 15 is 0 Å². The molecule has 0 bridgehead atoms. The van der Waals surface area contributed by atoms with Crippen molar-refractivity contribution in [3.63, 3.8) is 0 Å². The van der Waals surface area contributed by atoms with Crippen molar-refractivity contribution >= 4 is 40.1 Å². The summed E-state index contributed by atoms with van der Waals surface area (Å²) < 4.78 is 5.25. The van der Waals surface area contributed by atoms with E-state index in [4.69, 9.17) is 16.0 Å². The molecule has 0 aliphatic heterocycles. The molecular formula is C8H5ClN2O3S. The van der Waals surface area contributed by atoms with Gasteiger partial charge in [0.05, 0.1) is 11.0 Å². The summed E-state index contributed by atoms with van der Waals surface area (Å²) in [5.41, 5.74) is 0.721. The fraction of sp³-hybridized carbons (Fsp3) is 0.125. The van der Waals surface area contributed by atoms with Gasteiger partial charge in [0.15, 0.2) is 5.58 Å². The molecule has 7 heteroatoms. The lowest BCUT2D eigenvalue weighted by atomic mass is 10.3. The third-order valence-corrected chi connectivity index (χ3v) is 2.64. The minimum absolute atomic E-state index is 0.0634. The summed E-state index contributed by atoms with van der Waals surface area (Å²) in [5, 5.41) is 11.1. The molecule has 0 N–H and O–H groups in total. The lowest BCUT2D eigenvalue weighted by Gasteiger charge is -1.92. The number of thioether (sulfide) groups is 1. The summed E-state index contributed by atoms with van der Waals surface area (Å²) in [6.07, 6.45) is 1.81. The van der Waals surface area contributed by atoms with E-state index in [0.29, 0.717) is 16.3 Å². The van der Waals surface area contributed by atoms with Crippen LogP contribution in [0.1, 0.15) is 0 Å². The molecule has 1 heterocycles. The van der Waals surface area contributed by atoms with Gasteiger partial charge in [-0.25, -0.2) is 4.98 Å². The fourth-order valence-electron chi connectivity index (χ4n) is 1.14. The molecule has 0 aliphatic carbocycles. The molecular weight excluding hydrogens is 240 g/mol. The van der Waals surface area contributed by atoms with E-state index in [0.717, 1.165) is 0 Å². The summed E-state index contributed by atoms with van der Waals surface area (Å²) in [6.45, 7) is 0. The number of halogens is 1. The van der Waals surface area contributed by atoms with Crippen molar-refractivity contribution in [1.82, 2.24) is 4.98 Å². The Morgan fingerprint density at radius 1 is 1.60 bits per heavy atom. The van der Waals surface area contributed by atoms with Crippen LogP contribution in [-0.2, 0) is 0 Å². The largest absolute Gasteiger partial charge is 0.431 e. The Bertz CT molecular complexity index is 540. The zero-order chi connectivity index (χ0) is 11.0. The number of hydrogen-bond donors (Lipinski definition) is 0. The number of rotatable bonds is 2. The summed E-state index contributed by atoms with van der Waals surface area (Å²) >= 11 is 7.04. The van der Waals surface area contributed by atoms with Gasteiger partial charge in [0.1, 0.15) is 10.5 Å². The Morgan fingerprint density at radius 3 is 2.93 bits per heavy atom. The highest BCUT2D eigenvalue weighted by Gasteiger charge is 2.16. The van der Waals surface area contributed by atoms with Crippen molar-refractivity contribution in [2.45, 2.75) is 5.22 Å². The monoisotopic (exact) mass is 244 g/mol. The van der Waals surface area contributed by atoms with Gasteiger partial charge >= 0.3 is 0 Å². The van der Waals surface area contributed by atoms with Crippen LogP contribution < -0.4 is 0 Å². The van der Waals surface area contributed by atoms with Crippen LogP contribution >= 0.6 is 23.4 Å². The Balaban J connectivity index is 2.68. The molecule has 0 saturated carbocycles. The van der Waals surface area contributed by atoms with Crippen LogP contribution in [0.5, 0.6) is 0 Å². The molecule has 78 valence electrons. The van der Waals surface area contributed by atoms with Crippen molar-refractivity contribution in [3.8, 4) is 0 Å². The number of aromatic nitrogens is 1. The van der Waals surface area contributed by atoms with Gasteiger partial charge in [-0.3, -0.25) is 10.1 Å². The number of fused-ring (bicyclic) bond motifs is 1. The molecule has 5 nitrogen and oxygen atoms in total. The van der Waals surface area contributed by atoms with Crippen molar-refractivity contribution in [2.24, 2.45) is 0 Å². The van der Waals surface area contributed by atoms with E-state index in [-0.39, 0.29) is 10.7 Å². The smallest absolute Gasteiger partial charge is 0.291 e. The van der Waals surface area contributed by atoms with Crippen molar-refractivity contribution in [2.75, 3.05) is 6.26 Å². The summed E-state index contributed by atoms with van der Waals surface area (Å²) in [4.78, 5) is 14.1. The number of nitro benzene ring substituents is 1. The zero-order valence-corrected chi connectivity index (χ0v) is 9.13. The lowest BCUT2D eigenvalue weighted by molar-refractivity contribution is -0.384. The van der Waals surface area contributed by atoms with Crippen LogP contribution in [-0.4, -0.2) is 16.2 Å². The molecule has 0 saturated heterocycles. The van der Waals surface area contributed by atoms with Crippen LogP contribution in [0.2, 0.25) is 5.02 Å². The number of nitrogens with zero attached hydrogens (tertiary/aromatic N) is 2. The molecule has 1 aromatic heterocycles. The summed E-state index contributed by atoms with van der Waals surface area (Å²) in [5.74, 6) is 0. The minimum Gasteiger partial charge on any atom is -0.431 e. The molecule has 2 aromatic rings. The van der Waals surface area contributed by atoms with Crippen molar-refractivity contribution in [1.29, 1.82) is 0 Å². The highest BCUT2D eigenvalue weighted by atomic mass is 35.5. The number of benzene rings is 1. The third-order valence-electron chi connectivity index (χ3n) is 1.81. The Labute approximate surface area is 93.6 Å². The van der Waals surface area contributed by atoms with E-state index in [1.807, 2.05) is 0 Å². The Morgan fingerprint density at radius 2 is 2.33 bits per heavy atom. The highest BCUT2D eigenvalue weighted by Crippen LogP contribution is 2.31. The van der Waals surface area contributed by atoms with E-state index in [1.165, 1.54) is 23.9 Å². The number of oxazole rings is 1. The van der Waals surface area contributed by atoms with Gasteiger partial charge in [-0.2, -0.15) is 0 Å². The van der Waals surface area contributed by atoms with Gasteiger partial charge in [0.25, 0.3) is 10.9 Å². The van der Waals surface area contributed by atoms with Gasteiger partial charge in [0, 0.05) is 0 Å². The lowest BCUT2D eigenvalue weighted by Crippen LogP contribution is -1.88. The third kappa shape index (κ3) is 1.78. The maximum Gasteiger partial charge on any atom is 0.291 e. The van der Waals surface area contributed by atoms with Gasteiger partial charge in [-0.1, -0.05) is 23.4 Å². The fourth-order valence-corrected chi connectivity index (χ4v) is 1.73. The second-order valence-corrected chi connectivity index (χ2v) is 3.88. The molecule has 2 rings (SSSR count). The highest BCUT2D eigenvalue weighted by molar-refractivity contribution is 7.98. The maximum atomic E-state index is 10.6. The molecule has 15 heavy (non-hydrogen) atoms. The van der Waals surface area contributed by atoms with Crippen LogP contribution in [0.3, 0.4) is 0 Å². The topological polar surface area (TPSA) is 69.2 Å². The SMILES string of the molecule is CSc1nc2cc(Cl)c([N+](=O)[O-])cc2o1. The first-order chi connectivity index (χ1) is 7.11. The van der Waals surface area contributed by atoms with Gasteiger partial charge < -0.3 is 4.42 Å². The molecule has 0 radical (unpaired) electrons. The van der Waals surface area contributed by atoms with E-state index in [1.54, 1.807) is 6.26 Å². The van der Waals surface area contributed by atoms with E-state index in [2.05, 4.69) is 4.98 Å². The standard InChI is InChI=1S/C8H5ClN2O3S/c1-15-8-10-5-2-4(9)6(11(12)13)3-7(5)14-8/h2-3H,1H3. The molecule has 0 aliphatic rings. The van der Waals surface area contributed by atoms with Gasteiger partial charge in [0.2, 0.25) is 0 Å². The van der Waals surface area contributed by atoms with Crippen LogP contribution in [0, 0.1) is 10.1 Å². The molecule has 0 amide bonds. The first-order valence-corrected chi connectivity index (χ1v) is 5.50. The van der Waals surface area contributed by atoms with Gasteiger partial charge in [-0.15, -0.1) is 0 Å². The van der Waals surface area contributed by atoms with Crippen LogP contribution in [0.4, 0.5) is 5.69 Å². The van der Waals surface area contributed by atoms with E-state index < -0.39 is 4.92 Å². The average molecular weight is 245 g/mol. The first-order valence-electron chi connectivity index (χ1n) is 3.90. The van der Waals surface area contributed by atoms with Crippen LogP contribution in [0.25, 0.3) is 11.1 Å². The molecule has 0 fully saturated rings. The normalized spacial score (nSPS) is 10.8. The molecule has 1 aromatic carbocycles. The molecule has 0 unspecified atom stereocenters. The second-order valence-electron chi connectivity index (χ2n) is 2.71. The molecule has 0 atom stereocenters. The minimum atomic E-state index is -0.553. The molecule has 0 spiro atoms. The van der Waals surface area contributed by atoms with Gasteiger partial charge in [-0.05, 0) is 12.3 Å². The number of hydrogen-bond acceptors (Lipinski definition) is 5. The summed E-state index contributed by atoms with van der Waals surface area (Å²) in [6, 6.07) is 2.71. The quantitative estimate of drug-likeness (QED) is 0.461. The summed E-state index contributed by atoms with van der Waals surface area (Å²) in [7, 11) is 0. The second kappa shape index (κ2) is 3.71. The zero-order valence-electron chi connectivity index (χ0n) is 7.56. The number of nitro groups is 1. The first kappa shape index (κ1) is 10.3. The average Bonchev–Trinajstić information content (AvgIpc) is 2.58. The Kier molecular flexibility index (Phi) is 2.54. The van der Waals surface area contributed by atoms with E-state index in [9.17, 15) is 10.1 Å². The van der Waals surface area contributed by atoms with Crippen molar-refractivity contribution in [3.05, 3.63) is 27.3 Å². The Hall–Kier alpha value is -1.27. The predicted octanol–water partition coefficient (Wildman–Crippen LogP) is 3.11. The van der Waals surface area contributed by atoms with Crippen LogP contribution in [0.15, 0.2) is 21.8 Å². The maximum absolute atomic E-state index is 10.6. The van der Waals surface area contributed by atoms with Crippen molar-refractivity contribution < 1.29 is 9.34 Å².